The van der Waals surface area contributed by atoms with Gasteiger partial charge in [-0.2, -0.15) is 9.67 Å². The quantitative estimate of drug-likeness (QED) is 0.518. The normalized spacial score (nSPS) is 16.3. The first-order valence-corrected chi connectivity index (χ1v) is 11.0. The summed E-state index contributed by atoms with van der Waals surface area (Å²) in [4.78, 5) is 27.7. The molecule has 0 radical (unpaired) electrons. The Morgan fingerprint density at radius 3 is 2.64 bits per heavy atom. The molecule has 1 fully saturated rings. The van der Waals surface area contributed by atoms with Crippen LogP contribution in [-0.2, 0) is 5.41 Å². The molecule has 5 rings (SSSR count). The van der Waals surface area contributed by atoms with Crippen molar-refractivity contribution < 1.29 is 4.79 Å². The topological polar surface area (TPSA) is 102 Å². The van der Waals surface area contributed by atoms with Crippen LogP contribution in [0.25, 0.3) is 16.9 Å². The van der Waals surface area contributed by atoms with Gasteiger partial charge >= 0.3 is 0 Å². The Morgan fingerprint density at radius 2 is 1.91 bits per heavy atom. The van der Waals surface area contributed by atoms with E-state index in [1.165, 1.54) is 5.56 Å². The minimum absolute atomic E-state index is 0.0581. The SMILES string of the molecule is CC(C)(C)c1ccc(-n2nnc3cnc(NC4CCN(C(=O)c5ccccn5)C4)nc32)cc1. The van der Waals surface area contributed by atoms with E-state index in [9.17, 15) is 4.79 Å². The summed E-state index contributed by atoms with van der Waals surface area (Å²) in [5.41, 5.74) is 3.94. The number of carbonyl (C=O) groups excluding carboxylic acids is 1. The lowest BCUT2D eigenvalue weighted by Crippen LogP contribution is -2.32. The van der Waals surface area contributed by atoms with Gasteiger partial charge in [0.2, 0.25) is 5.95 Å². The second kappa shape index (κ2) is 8.23. The van der Waals surface area contributed by atoms with Crippen molar-refractivity contribution >= 4 is 23.0 Å². The van der Waals surface area contributed by atoms with Crippen molar-refractivity contribution in [3.8, 4) is 5.69 Å². The van der Waals surface area contributed by atoms with Gasteiger partial charge < -0.3 is 10.2 Å². The zero-order chi connectivity index (χ0) is 23.0. The van der Waals surface area contributed by atoms with Crippen LogP contribution in [0.1, 0.15) is 43.2 Å². The molecule has 0 spiro atoms. The number of nitrogens with one attached hydrogen (secondary N) is 1. The number of benzene rings is 1. The molecule has 4 aromatic rings. The van der Waals surface area contributed by atoms with Crippen molar-refractivity contribution in [1.29, 1.82) is 0 Å². The van der Waals surface area contributed by atoms with Crippen molar-refractivity contribution in [1.82, 2.24) is 34.8 Å². The molecule has 9 nitrogen and oxygen atoms in total. The predicted molar refractivity (Wildman–Crippen MR) is 125 cm³/mol. The van der Waals surface area contributed by atoms with Crippen LogP contribution in [-0.4, -0.2) is 59.9 Å². The van der Waals surface area contributed by atoms with Gasteiger partial charge in [0.05, 0.1) is 11.9 Å². The van der Waals surface area contributed by atoms with E-state index in [4.69, 9.17) is 0 Å². The monoisotopic (exact) mass is 442 g/mol. The number of pyridine rings is 1. The molecule has 9 heteroatoms. The minimum atomic E-state index is -0.0581. The maximum absolute atomic E-state index is 12.7. The average Bonchev–Trinajstić information content (AvgIpc) is 3.46. The summed E-state index contributed by atoms with van der Waals surface area (Å²) in [6, 6.07) is 13.7. The fourth-order valence-electron chi connectivity index (χ4n) is 3.97. The molecule has 0 aliphatic carbocycles. The third-order valence-electron chi connectivity index (χ3n) is 5.86. The Labute approximate surface area is 191 Å². The molecule has 168 valence electrons. The number of hydrogen-bond acceptors (Lipinski definition) is 7. The number of aromatic nitrogens is 6. The number of amides is 1. The lowest BCUT2D eigenvalue weighted by molar-refractivity contribution is 0.0786. The molecule has 33 heavy (non-hydrogen) atoms. The number of carbonyl (C=O) groups is 1. The van der Waals surface area contributed by atoms with E-state index in [0.717, 1.165) is 12.1 Å². The van der Waals surface area contributed by atoms with Crippen LogP contribution >= 0.6 is 0 Å². The van der Waals surface area contributed by atoms with Gasteiger partial charge in [-0.1, -0.05) is 44.2 Å². The molecular weight excluding hydrogens is 416 g/mol. The van der Waals surface area contributed by atoms with Crippen molar-refractivity contribution in [2.24, 2.45) is 0 Å². The average molecular weight is 443 g/mol. The van der Waals surface area contributed by atoms with E-state index in [2.05, 4.69) is 63.5 Å². The fraction of sp³-hybridized carbons (Fsp3) is 0.333. The van der Waals surface area contributed by atoms with E-state index in [1.54, 1.807) is 34.1 Å². The third kappa shape index (κ3) is 4.26. The van der Waals surface area contributed by atoms with Crippen LogP contribution < -0.4 is 5.32 Å². The second-order valence-corrected chi connectivity index (χ2v) is 9.30. The largest absolute Gasteiger partial charge is 0.350 e. The van der Waals surface area contributed by atoms with Gasteiger partial charge in [0.25, 0.3) is 5.91 Å². The summed E-state index contributed by atoms with van der Waals surface area (Å²) >= 11 is 0. The van der Waals surface area contributed by atoms with Crippen LogP contribution in [0.5, 0.6) is 0 Å². The summed E-state index contributed by atoms with van der Waals surface area (Å²) < 4.78 is 1.72. The highest BCUT2D eigenvalue weighted by molar-refractivity contribution is 5.92. The number of anilines is 1. The first-order valence-electron chi connectivity index (χ1n) is 11.0. The van der Waals surface area contributed by atoms with Gasteiger partial charge in [0.15, 0.2) is 11.2 Å². The van der Waals surface area contributed by atoms with Crippen LogP contribution in [0.4, 0.5) is 5.95 Å². The first-order chi connectivity index (χ1) is 15.9. The molecule has 1 aliphatic rings. The number of likely N-dealkylation sites (tertiary alicyclic amines) is 1. The van der Waals surface area contributed by atoms with Crippen molar-refractivity contribution in [2.45, 2.75) is 38.6 Å². The standard InChI is InChI=1S/C24H26N8O/c1-24(2,3)16-7-9-18(10-8-16)32-21-20(29-30-32)14-26-23(28-21)27-17-11-13-31(15-17)22(33)19-6-4-5-12-25-19/h4-10,12,14,17H,11,13,15H2,1-3H3,(H,26,27,28). The predicted octanol–water partition coefficient (Wildman–Crippen LogP) is 3.23. The molecule has 1 unspecified atom stereocenters. The summed E-state index contributed by atoms with van der Waals surface area (Å²) in [5, 5.41) is 11.8. The van der Waals surface area contributed by atoms with Crippen molar-refractivity contribution in [3.05, 3.63) is 66.1 Å². The Morgan fingerprint density at radius 1 is 1.09 bits per heavy atom. The Hall–Kier alpha value is -3.88. The lowest BCUT2D eigenvalue weighted by atomic mass is 9.87. The van der Waals surface area contributed by atoms with Crippen molar-refractivity contribution in [2.75, 3.05) is 18.4 Å². The van der Waals surface area contributed by atoms with Gasteiger partial charge in [0, 0.05) is 25.3 Å². The molecule has 1 aromatic carbocycles. The van der Waals surface area contributed by atoms with Crippen molar-refractivity contribution in [3.63, 3.8) is 0 Å². The fourth-order valence-corrected chi connectivity index (χ4v) is 3.97. The molecule has 3 aromatic heterocycles. The summed E-state index contributed by atoms with van der Waals surface area (Å²) in [6.45, 7) is 7.79. The van der Waals surface area contributed by atoms with E-state index in [0.29, 0.717) is 35.9 Å². The summed E-state index contributed by atoms with van der Waals surface area (Å²) in [7, 11) is 0. The number of fused-ring (bicyclic) bond motifs is 1. The van der Waals surface area contributed by atoms with E-state index < -0.39 is 0 Å². The molecule has 4 heterocycles. The summed E-state index contributed by atoms with van der Waals surface area (Å²) in [6.07, 6.45) is 4.12. The zero-order valence-electron chi connectivity index (χ0n) is 18.9. The Kier molecular flexibility index (Phi) is 5.24. The minimum Gasteiger partial charge on any atom is -0.350 e. The Bertz CT molecular complexity index is 1280. The lowest BCUT2D eigenvalue weighted by Gasteiger charge is -2.19. The smallest absolute Gasteiger partial charge is 0.272 e. The molecule has 1 amide bonds. The number of rotatable bonds is 4. The van der Waals surface area contributed by atoms with Crippen LogP contribution in [0, 0.1) is 0 Å². The van der Waals surface area contributed by atoms with E-state index in [1.807, 2.05) is 18.2 Å². The van der Waals surface area contributed by atoms with Crippen LogP contribution in [0.3, 0.4) is 0 Å². The molecule has 1 aliphatic heterocycles. The van der Waals surface area contributed by atoms with Gasteiger partial charge in [-0.3, -0.25) is 9.78 Å². The highest BCUT2D eigenvalue weighted by Gasteiger charge is 2.28. The van der Waals surface area contributed by atoms with Gasteiger partial charge in [-0.15, -0.1) is 5.10 Å². The third-order valence-corrected chi connectivity index (χ3v) is 5.86. The first kappa shape index (κ1) is 21.0. The number of hydrogen-bond donors (Lipinski definition) is 1. The van der Waals surface area contributed by atoms with Crippen LogP contribution in [0.15, 0.2) is 54.9 Å². The van der Waals surface area contributed by atoms with Gasteiger partial charge in [-0.05, 0) is 41.7 Å². The van der Waals surface area contributed by atoms with E-state index >= 15 is 0 Å². The molecule has 0 saturated carbocycles. The highest BCUT2D eigenvalue weighted by atomic mass is 16.2. The molecule has 0 bridgehead atoms. The zero-order valence-corrected chi connectivity index (χ0v) is 18.9. The van der Waals surface area contributed by atoms with E-state index in [-0.39, 0.29) is 17.4 Å². The second-order valence-electron chi connectivity index (χ2n) is 9.30. The number of nitrogens with zero attached hydrogens (tertiary/aromatic N) is 7. The van der Waals surface area contributed by atoms with Gasteiger partial charge in [-0.25, -0.2) is 4.98 Å². The maximum atomic E-state index is 12.7. The molecule has 1 atom stereocenters. The Balaban J connectivity index is 1.33. The maximum Gasteiger partial charge on any atom is 0.272 e. The molecule has 1 saturated heterocycles. The summed E-state index contributed by atoms with van der Waals surface area (Å²) in [5.74, 6) is 0.437. The van der Waals surface area contributed by atoms with Gasteiger partial charge in [0.1, 0.15) is 5.69 Å². The van der Waals surface area contributed by atoms with Crippen LogP contribution in [0.2, 0.25) is 0 Å². The molecule has 1 N–H and O–H groups in total. The highest BCUT2D eigenvalue weighted by Crippen LogP contribution is 2.24. The molecular formula is C24H26N8O.